The van der Waals surface area contributed by atoms with Crippen molar-refractivity contribution in [2.45, 2.75) is 56.9 Å². The van der Waals surface area contributed by atoms with Gasteiger partial charge in [0.1, 0.15) is 5.69 Å². The number of likely N-dealkylation sites (N-methyl/N-ethyl adjacent to an activating group) is 1. The monoisotopic (exact) mass is 661 g/mol. The van der Waals surface area contributed by atoms with E-state index in [2.05, 4.69) is 26.1 Å². The van der Waals surface area contributed by atoms with Gasteiger partial charge in [-0.15, -0.1) is 23.1 Å². The summed E-state index contributed by atoms with van der Waals surface area (Å²) in [6.45, 7) is 8.62. The number of methoxy groups -OCH3 is 1. The maximum absolute atomic E-state index is 13.2. The van der Waals surface area contributed by atoms with Crippen molar-refractivity contribution in [2.75, 3.05) is 27.2 Å². The van der Waals surface area contributed by atoms with Crippen molar-refractivity contribution in [1.29, 1.82) is 0 Å². The molecule has 0 aromatic carbocycles. The van der Waals surface area contributed by atoms with Crippen LogP contribution < -0.4 is 5.73 Å². The Bertz CT molecular complexity index is 1240. The number of oxime groups is 1. The second-order valence-electron chi connectivity index (χ2n) is 9.51. The number of ketones is 2. The topological polar surface area (TPSA) is 179 Å². The molecule has 2 fully saturated rings. The Morgan fingerprint density at radius 1 is 1.35 bits per heavy atom. The maximum atomic E-state index is 13.2. The Balaban J connectivity index is 0.000000611. The number of aryl methyl sites for hydroxylation is 1. The number of fused-ring (bicyclic) bond motifs is 1. The van der Waals surface area contributed by atoms with E-state index in [1.807, 2.05) is 0 Å². The second kappa shape index (κ2) is 13.3. The van der Waals surface area contributed by atoms with Crippen LogP contribution in [0.1, 0.15) is 44.8 Å². The summed E-state index contributed by atoms with van der Waals surface area (Å²) in [5.74, 6) is -2.78. The van der Waals surface area contributed by atoms with E-state index in [0.717, 1.165) is 11.8 Å². The number of nitrogens with two attached hydrogens (primary N) is 1. The maximum Gasteiger partial charge on any atom is 0.338 e. The minimum atomic E-state index is -1.37. The molecule has 2 saturated heterocycles. The molecule has 1 aromatic heterocycles. The molecule has 3 heterocycles. The third-order valence-corrected chi connectivity index (χ3v) is 9.43. The highest BCUT2D eigenvalue weighted by Crippen LogP contribution is 2.49. The van der Waals surface area contributed by atoms with E-state index >= 15 is 0 Å². The number of ether oxygens (including phenoxy) is 1. The van der Waals surface area contributed by atoms with Crippen LogP contribution in [0.5, 0.6) is 0 Å². The van der Waals surface area contributed by atoms with Crippen LogP contribution in [0.15, 0.2) is 8.94 Å². The zero-order valence-electron chi connectivity index (χ0n) is 23.2. The molecule has 220 valence electrons. The molecule has 2 amide bonds. The number of thioether (sulfide) groups is 1. The lowest BCUT2D eigenvalue weighted by Crippen LogP contribution is -2.58. The third-order valence-electron chi connectivity index (χ3n) is 6.27. The molecule has 0 bridgehead atoms. The number of carbonyl (C=O) groups is 6. The van der Waals surface area contributed by atoms with Crippen molar-refractivity contribution >= 4 is 80.4 Å². The number of amides is 2. The molecule has 3 rings (SSSR count). The van der Waals surface area contributed by atoms with Crippen LogP contribution in [0.4, 0.5) is 0 Å². The molecule has 0 aliphatic carbocycles. The van der Waals surface area contributed by atoms with E-state index < -0.39 is 39.4 Å². The fourth-order valence-electron chi connectivity index (χ4n) is 3.43. The number of aromatic nitrogens is 1. The summed E-state index contributed by atoms with van der Waals surface area (Å²) >= 11 is 5.80. The van der Waals surface area contributed by atoms with E-state index in [1.54, 1.807) is 34.7 Å². The van der Waals surface area contributed by atoms with Gasteiger partial charge in [-0.2, -0.15) is 0 Å². The fraction of sp³-hybridized carbons (Fsp3) is 0.583. The number of halogens is 1. The summed E-state index contributed by atoms with van der Waals surface area (Å²) < 4.78 is 5.32. The van der Waals surface area contributed by atoms with Crippen molar-refractivity contribution in [3.05, 3.63) is 14.5 Å². The highest BCUT2D eigenvalue weighted by molar-refractivity contribution is 9.11. The average molecular weight is 663 g/mol. The quantitative estimate of drug-likeness (QED) is 0.0953. The summed E-state index contributed by atoms with van der Waals surface area (Å²) in [6.07, 6.45) is 0.138. The summed E-state index contributed by atoms with van der Waals surface area (Å²) in [5.41, 5.74) is 5.06. The zero-order valence-corrected chi connectivity index (χ0v) is 26.4. The average Bonchev–Trinajstić information content (AvgIpc) is 3.42. The number of rotatable bonds is 10. The number of β-lactam (4-membered cyclic amide) rings is 1. The first-order chi connectivity index (χ1) is 18.5. The van der Waals surface area contributed by atoms with Gasteiger partial charge in [-0.1, -0.05) is 5.16 Å². The largest absolute Gasteiger partial charge is 0.467 e. The lowest BCUT2D eigenvalue weighted by atomic mass is 9.90. The van der Waals surface area contributed by atoms with Gasteiger partial charge in [-0.25, -0.2) is 9.78 Å². The van der Waals surface area contributed by atoms with Gasteiger partial charge in [0.15, 0.2) is 27.8 Å². The predicted octanol–water partition coefficient (Wildman–Crippen LogP) is 1.28. The summed E-state index contributed by atoms with van der Waals surface area (Å²) in [7, 11) is 2.81. The highest BCUT2D eigenvalue weighted by atomic mass is 79.9. The van der Waals surface area contributed by atoms with Crippen LogP contribution in [-0.2, 0) is 38.3 Å². The van der Waals surface area contributed by atoms with Crippen molar-refractivity contribution in [3.63, 3.8) is 0 Å². The molecule has 2 aliphatic heterocycles. The number of hydrogen-bond acceptors (Lipinski definition) is 13. The number of hydrogen-bond donors (Lipinski definition) is 1. The van der Waals surface area contributed by atoms with Gasteiger partial charge >= 0.3 is 5.97 Å². The van der Waals surface area contributed by atoms with Gasteiger partial charge in [-0.05, 0) is 50.5 Å². The van der Waals surface area contributed by atoms with Gasteiger partial charge in [0.05, 0.1) is 33.7 Å². The van der Waals surface area contributed by atoms with Crippen LogP contribution in [0.2, 0.25) is 0 Å². The van der Waals surface area contributed by atoms with Crippen LogP contribution >= 0.6 is 39.0 Å². The number of esters is 1. The zero-order chi connectivity index (χ0) is 30.6. The van der Waals surface area contributed by atoms with E-state index in [-0.39, 0.29) is 36.1 Å². The Kier molecular flexibility index (Phi) is 11.2. The Morgan fingerprint density at radius 3 is 2.42 bits per heavy atom. The molecule has 0 saturated carbocycles. The Hall–Kier alpha value is -2.69. The smallest absolute Gasteiger partial charge is 0.338 e. The van der Waals surface area contributed by atoms with Gasteiger partial charge < -0.3 is 25.1 Å². The third kappa shape index (κ3) is 7.33. The number of thiazole rings is 1. The first-order valence-electron chi connectivity index (χ1n) is 12.0. The minimum absolute atomic E-state index is 0.0201. The van der Waals surface area contributed by atoms with Crippen molar-refractivity contribution in [1.82, 2.24) is 14.8 Å². The van der Waals surface area contributed by atoms with E-state index in [0.29, 0.717) is 21.6 Å². The van der Waals surface area contributed by atoms with Gasteiger partial charge in [-0.3, -0.25) is 24.0 Å². The Morgan fingerprint density at radius 2 is 1.98 bits per heavy atom. The van der Waals surface area contributed by atoms with Gasteiger partial charge in [0, 0.05) is 20.0 Å². The van der Waals surface area contributed by atoms with Gasteiger partial charge in [0.2, 0.25) is 12.2 Å². The first kappa shape index (κ1) is 33.5. The highest BCUT2D eigenvalue weighted by Gasteiger charge is 2.61. The predicted molar refractivity (Wildman–Crippen MR) is 151 cm³/mol. The second-order valence-corrected chi connectivity index (χ2v) is 13.5. The molecule has 1 aromatic rings. The molecule has 0 spiro atoms. The molecule has 13 nitrogen and oxygen atoms in total. The lowest BCUT2D eigenvalue weighted by molar-refractivity contribution is -0.152. The molecule has 40 heavy (non-hydrogen) atoms. The molecular formula is C24H32BrN5O8S2. The number of Topliss-reactive ketones (excluding diaryl/α,β-unsaturated/α-hetero) is 2. The van der Waals surface area contributed by atoms with Crippen LogP contribution in [0.25, 0.3) is 0 Å². The summed E-state index contributed by atoms with van der Waals surface area (Å²) in [4.78, 5) is 80.9. The van der Waals surface area contributed by atoms with E-state index in [1.165, 1.54) is 35.2 Å². The SMILES string of the molecule is CCN(C)C(=O)C=O.COC(=O)[C@@]1(N)CN2C(=O)[C@@H](CC(=O)/C(=N\OC(C)(C)C(C)=O)c3nc(C)sc3Br)C2S1. The molecular weight excluding hydrogens is 630 g/mol. The van der Waals surface area contributed by atoms with Gasteiger partial charge in [0.25, 0.3) is 5.91 Å². The van der Waals surface area contributed by atoms with Crippen LogP contribution in [0.3, 0.4) is 0 Å². The van der Waals surface area contributed by atoms with Crippen LogP contribution in [0, 0.1) is 12.8 Å². The van der Waals surface area contributed by atoms with Crippen molar-refractivity contribution in [3.8, 4) is 0 Å². The van der Waals surface area contributed by atoms with Crippen molar-refractivity contribution < 1.29 is 38.3 Å². The molecule has 1 unspecified atom stereocenters. The standard InChI is InChI=1S/C19H23BrN4O6S2.C5H9NO2/c1-8(25)18(3,4)30-23-12(13-14(20)31-9(2)22-13)11(26)6-10-15(27)24-7-19(21,17(28)29-5)32-16(10)24;1-3-6(2)5(8)4-7/h10,16H,6-7,21H2,1-5H3;4H,3H2,1-2H3/b23-12+;/t10-,16?,19-;/m1./s1. The first-order valence-corrected chi connectivity index (χ1v) is 14.5. The number of aldehydes is 1. The molecule has 3 atom stereocenters. The Labute approximate surface area is 248 Å². The van der Waals surface area contributed by atoms with E-state index in [9.17, 15) is 28.8 Å². The summed E-state index contributed by atoms with van der Waals surface area (Å²) in [6, 6.07) is 0. The lowest BCUT2D eigenvalue weighted by Gasteiger charge is -2.41. The molecule has 0 radical (unpaired) electrons. The minimum Gasteiger partial charge on any atom is -0.467 e. The summed E-state index contributed by atoms with van der Waals surface area (Å²) in [5, 5.41) is 4.25. The number of carbonyl (C=O) groups excluding carboxylic acids is 6. The number of nitrogens with zero attached hydrogens (tertiary/aromatic N) is 4. The molecule has 2 aliphatic rings. The van der Waals surface area contributed by atoms with Crippen LogP contribution in [-0.4, -0.2) is 99.2 Å². The molecule has 16 heteroatoms. The fourth-order valence-corrected chi connectivity index (χ4v) is 6.55. The normalized spacial score (nSPS) is 21.9. The molecule has 2 N–H and O–H groups in total. The van der Waals surface area contributed by atoms with E-state index in [4.69, 9.17) is 15.3 Å². The van der Waals surface area contributed by atoms with Crippen molar-refractivity contribution in [2.24, 2.45) is 16.8 Å².